The van der Waals surface area contributed by atoms with E-state index in [0.29, 0.717) is 25.7 Å². The van der Waals surface area contributed by atoms with Crippen molar-refractivity contribution in [2.75, 3.05) is 0 Å². The molecule has 6 nitrogen and oxygen atoms in total. The van der Waals surface area contributed by atoms with Gasteiger partial charge < -0.3 is 4.74 Å². The summed E-state index contributed by atoms with van der Waals surface area (Å²) < 4.78 is 36.5. The molecule has 31 heavy (non-hydrogen) atoms. The van der Waals surface area contributed by atoms with E-state index in [0.717, 1.165) is 11.1 Å². The van der Waals surface area contributed by atoms with Crippen LogP contribution in [0.4, 0.5) is 4.79 Å². The van der Waals surface area contributed by atoms with Gasteiger partial charge in [-0.1, -0.05) is 48.0 Å². The standard InChI is InChI=1S/C24H29NO5S/c1-17-9-15-21(16-10-17)31(27,28)30-20-13-11-19(12-14-20)25-22(18-7-5-4-6-8-18)24(2,3)29-23(25)26/h4-10,15-16,19-20,22H,11-14H2,1-3H3. The summed E-state index contributed by atoms with van der Waals surface area (Å²) in [4.78, 5) is 14.8. The molecule has 2 aliphatic rings. The summed E-state index contributed by atoms with van der Waals surface area (Å²) >= 11 is 0. The molecule has 1 aliphatic carbocycles. The molecule has 2 fully saturated rings. The van der Waals surface area contributed by atoms with Crippen molar-refractivity contribution in [2.45, 2.75) is 75.1 Å². The monoisotopic (exact) mass is 443 g/mol. The molecule has 0 aromatic heterocycles. The summed E-state index contributed by atoms with van der Waals surface area (Å²) in [7, 11) is -3.80. The van der Waals surface area contributed by atoms with Gasteiger partial charge in [-0.3, -0.25) is 9.08 Å². The van der Waals surface area contributed by atoms with Crippen LogP contribution in [-0.4, -0.2) is 37.2 Å². The fourth-order valence-corrected chi connectivity index (χ4v) is 5.82. The third-order valence-corrected chi connectivity index (χ3v) is 7.60. The van der Waals surface area contributed by atoms with Crippen LogP contribution in [0.3, 0.4) is 0 Å². The first-order valence-electron chi connectivity index (χ1n) is 10.7. The van der Waals surface area contributed by atoms with Gasteiger partial charge in [-0.25, -0.2) is 4.79 Å². The maximum Gasteiger partial charge on any atom is 0.411 e. The van der Waals surface area contributed by atoms with Crippen LogP contribution in [0.5, 0.6) is 0 Å². The molecule has 1 saturated carbocycles. The second kappa shape index (κ2) is 8.28. The Hall–Kier alpha value is -2.38. The number of carbonyl (C=O) groups is 1. The molecule has 1 amide bonds. The Labute approximate surface area is 184 Å². The fraction of sp³-hybridized carbons (Fsp3) is 0.458. The third-order valence-electron chi connectivity index (χ3n) is 6.22. The Kier molecular flexibility index (Phi) is 5.83. The van der Waals surface area contributed by atoms with Gasteiger partial charge in [-0.05, 0) is 64.2 Å². The summed E-state index contributed by atoms with van der Waals surface area (Å²) in [5, 5.41) is 0. The van der Waals surface area contributed by atoms with Crippen molar-refractivity contribution in [3.05, 3.63) is 65.7 Å². The molecule has 7 heteroatoms. The molecule has 0 N–H and O–H groups in total. The van der Waals surface area contributed by atoms with E-state index < -0.39 is 15.7 Å². The van der Waals surface area contributed by atoms with Crippen molar-refractivity contribution in [2.24, 2.45) is 0 Å². The van der Waals surface area contributed by atoms with Crippen molar-refractivity contribution in [1.29, 1.82) is 0 Å². The lowest BCUT2D eigenvalue weighted by atomic mass is 9.87. The highest BCUT2D eigenvalue weighted by Gasteiger charge is 2.51. The van der Waals surface area contributed by atoms with Crippen molar-refractivity contribution in [1.82, 2.24) is 4.90 Å². The Morgan fingerprint density at radius 1 is 0.968 bits per heavy atom. The van der Waals surface area contributed by atoms with Gasteiger partial charge in [-0.15, -0.1) is 0 Å². The summed E-state index contributed by atoms with van der Waals surface area (Å²) in [6.45, 7) is 5.78. The van der Waals surface area contributed by atoms with Gasteiger partial charge in [0.15, 0.2) is 0 Å². The maximum atomic E-state index is 12.8. The summed E-state index contributed by atoms with van der Waals surface area (Å²) in [6.07, 6.45) is 1.79. The smallest absolute Gasteiger partial charge is 0.411 e. The number of hydrogen-bond acceptors (Lipinski definition) is 5. The lowest BCUT2D eigenvalue weighted by molar-refractivity contribution is 0.0649. The van der Waals surface area contributed by atoms with Gasteiger partial charge in [-0.2, -0.15) is 8.42 Å². The number of rotatable bonds is 5. The van der Waals surface area contributed by atoms with Gasteiger partial charge >= 0.3 is 6.09 Å². The molecular formula is C24H29NO5S. The molecule has 0 radical (unpaired) electrons. The zero-order valence-electron chi connectivity index (χ0n) is 18.2. The Balaban J connectivity index is 1.45. The van der Waals surface area contributed by atoms with Crippen molar-refractivity contribution < 1.29 is 22.1 Å². The molecule has 1 atom stereocenters. The van der Waals surface area contributed by atoms with E-state index in [9.17, 15) is 13.2 Å². The highest BCUT2D eigenvalue weighted by atomic mass is 32.2. The van der Waals surface area contributed by atoms with Gasteiger partial charge in [0.25, 0.3) is 10.1 Å². The molecule has 1 unspecified atom stereocenters. The van der Waals surface area contributed by atoms with Crippen LogP contribution in [0.2, 0.25) is 0 Å². The van der Waals surface area contributed by atoms with E-state index in [-0.39, 0.29) is 29.2 Å². The first-order valence-corrected chi connectivity index (χ1v) is 12.1. The normalized spacial score (nSPS) is 26.0. The van der Waals surface area contributed by atoms with Crippen LogP contribution >= 0.6 is 0 Å². The second-order valence-corrected chi connectivity index (χ2v) is 10.6. The van der Waals surface area contributed by atoms with Crippen LogP contribution < -0.4 is 0 Å². The van der Waals surface area contributed by atoms with Crippen molar-refractivity contribution in [3.63, 3.8) is 0 Å². The number of amides is 1. The van der Waals surface area contributed by atoms with E-state index >= 15 is 0 Å². The minimum Gasteiger partial charge on any atom is -0.441 e. The summed E-state index contributed by atoms with van der Waals surface area (Å²) in [5.41, 5.74) is 1.40. The first-order chi connectivity index (χ1) is 14.7. The molecule has 2 aromatic rings. The lowest BCUT2D eigenvalue weighted by Crippen LogP contribution is -2.43. The Morgan fingerprint density at radius 3 is 2.19 bits per heavy atom. The SMILES string of the molecule is Cc1ccc(S(=O)(=O)OC2CCC(N3C(=O)OC(C)(C)C3c3ccccc3)CC2)cc1. The molecule has 0 bridgehead atoms. The number of ether oxygens (including phenoxy) is 1. The zero-order chi connectivity index (χ0) is 22.2. The quantitative estimate of drug-likeness (QED) is 0.609. The van der Waals surface area contributed by atoms with Crippen LogP contribution in [0, 0.1) is 6.92 Å². The van der Waals surface area contributed by atoms with E-state index in [1.54, 1.807) is 24.3 Å². The topological polar surface area (TPSA) is 72.9 Å². The number of aryl methyl sites for hydroxylation is 1. The maximum absolute atomic E-state index is 12.8. The van der Waals surface area contributed by atoms with Gasteiger partial charge in [0.05, 0.1) is 17.0 Å². The van der Waals surface area contributed by atoms with Gasteiger partial charge in [0.2, 0.25) is 0 Å². The first kappa shape index (κ1) is 21.8. The van der Waals surface area contributed by atoms with Crippen LogP contribution in [-0.2, 0) is 19.0 Å². The van der Waals surface area contributed by atoms with E-state index in [2.05, 4.69) is 0 Å². The average molecular weight is 444 g/mol. The van der Waals surface area contributed by atoms with Gasteiger partial charge in [0.1, 0.15) is 5.60 Å². The largest absolute Gasteiger partial charge is 0.441 e. The molecule has 1 aliphatic heterocycles. The minimum atomic E-state index is -3.80. The van der Waals surface area contributed by atoms with Crippen molar-refractivity contribution in [3.8, 4) is 0 Å². The molecule has 1 saturated heterocycles. The highest BCUT2D eigenvalue weighted by molar-refractivity contribution is 7.86. The average Bonchev–Trinajstić information content (AvgIpc) is 2.97. The molecular weight excluding hydrogens is 414 g/mol. The number of cyclic esters (lactones) is 1. The fourth-order valence-electron chi connectivity index (χ4n) is 4.69. The Morgan fingerprint density at radius 2 is 1.58 bits per heavy atom. The number of carbonyl (C=O) groups excluding carboxylic acids is 1. The summed E-state index contributed by atoms with van der Waals surface area (Å²) in [5.74, 6) is 0. The highest BCUT2D eigenvalue weighted by Crippen LogP contribution is 2.44. The lowest BCUT2D eigenvalue weighted by Gasteiger charge is -2.38. The molecule has 2 aromatic carbocycles. The molecule has 4 rings (SSSR count). The number of nitrogens with zero attached hydrogens (tertiary/aromatic N) is 1. The second-order valence-electron chi connectivity index (χ2n) is 8.99. The summed E-state index contributed by atoms with van der Waals surface area (Å²) in [6, 6.07) is 16.4. The predicted octanol–water partition coefficient (Wildman–Crippen LogP) is 4.98. The van der Waals surface area contributed by atoms with Crippen LogP contribution in [0.25, 0.3) is 0 Å². The van der Waals surface area contributed by atoms with Crippen molar-refractivity contribution >= 4 is 16.2 Å². The van der Waals surface area contributed by atoms with E-state index in [4.69, 9.17) is 8.92 Å². The third kappa shape index (κ3) is 4.48. The predicted molar refractivity (Wildman–Crippen MR) is 117 cm³/mol. The number of hydrogen-bond donors (Lipinski definition) is 0. The number of benzene rings is 2. The van der Waals surface area contributed by atoms with Crippen LogP contribution in [0.1, 0.15) is 56.7 Å². The Bertz CT molecular complexity index is 1030. The molecule has 166 valence electrons. The minimum absolute atomic E-state index is 0.0126. The zero-order valence-corrected chi connectivity index (χ0v) is 19.0. The van der Waals surface area contributed by atoms with Gasteiger partial charge in [0, 0.05) is 6.04 Å². The molecule has 1 heterocycles. The van der Waals surface area contributed by atoms with E-state index in [1.165, 1.54) is 0 Å². The van der Waals surface area contributed by atoms with E-state index in [1.807, 2.05) is 56.0 Å². The molecule has 0 spiro atoms. The van der Waals surface area contributed by atoms with Crippen LogP contribution in [0.15, 0.2) is 59.5 Å².